The third-order valence-electron chi connectivity index (χ3n) is 2.48. The molecule has 0 bridgehead atoms. The van der Waals surface area contributed by atoms with Gasteiger partial charge in [-0.05, 0) is 23.8 Å². The van der Waals surface area contributed by atoms with E-state index in [1.807, 2.05) is 0 Å². The molecule has 0 aromatic heterocycles. The summed E-state index contributed by atoms with van der Waals surface area (Å²) in [5, 5.41) is 31.8. The molecule has 102 valence electrons. The molecule has 0 heterocycles. The monoisotopic (exact) mass is 335 g/mol. The Morgan fingerprint density at radius 1 is 1.25 bits per heavy atom. The summed E-state index contributed by atoms with van der Waals surface area (Å²) >= 11 is 3.23. The van der Waals surface area contributed by atoms with Gasteiger partial charge in [0, 0.05) is 22.8 Å². The van der Waals surface area contributed by atoms with Gasteiger partial charge >= 0.3 is 0 Å². The maximum absolute atomic E-state index is 11.6. The van der Waals surface area contributed by atoms with Crippen molar-refractivity contribution in [3.05, 3.63) is 56.5 Å². The van der Waals surface area contributed by atoms with Crippen molar-refractivity contribution in [2.24, 2.45) is 4.99 Å². The summed E-state index contributed by atoms with van der Waals surface area (Å²) in [4.78, 5) is 14.0. The van der Waals surface area contributed by atoms with Crippen LogP contribution in [0.5, 0.6) is 11.5 Å². The third kappa shape index (κ3) is 3.12. The second-order valence-electron chi connectivity index (χ2n) is 3.87. The van der Waals surface area contributed by atoms with Gasteiger partial charge < -0.3 is 10.2 Å². The number of phenolic OH excluding ortho intramolecular Hbond substituents is 1. The minimum Gasteiger partial charge on any atom is -0.872 e. The van der Waals surface area contributed by atoms with Crippen LogP contribution in [0, 0.1) is 10.1 Å². The topological polar surface area (TPSA) is 98.8 Å². The lowest BCUT2D eigenvalue weighted by atomic mass is 10.2. The Morgan fingerprint density at radius 2 is 2.00 bits per heavy atom. The third-order valence-corrected chi connectivity index (χ3v) is 2.98. The van der Waals surface area contributed by atoms with E-state index in [4.69, 9.17) is 0 Å². The second kappa shape index (κ2) is 5.70. The Morgan fingerprint density at radius 3 is 2.70 bits per heavy atom. The van der Waals surface area contributed by atoms with Crippen molar-refractivity contribution in [1.29, 1.82) is 0 Å². The van der Waals surface area contributed by atoms with Crippen molar-refractivity contribution in [1.82, 2.24) is 0 Å². The number of aromatic hydroxyl groups is 1. The zero-order valence-electron chi connectivity index (χ0n) is 9.99. The van der Waals surface area contributed by atoms with Crippen LogP contribution < -0.4 is 5.11 Å². The lowest BCUT2D eigenvalue weighted by Gasteiger charge is -2.09. The van der Waals surface area contributed by atoms with E-state index in [1.165, 1.54) is 24.4 Å². The van der Waals surface area contributed by atoms with E-state index in [0.717, 1.165) is 6.07 Å². The van der Waals surface area contributed by atoms with E-state index >= 15 is 0 Å². The molecule has 2 aromatic carbocycles. The molecule has 20 heavy (non-hydrogen) atoms. The van der Waals surface area contributed by atoms with E-state index in [2.05, 4.69) is 20.9 Å². The van der Waals surface area contributed by atoms with Crippen LogP contribution in [0.1, 0.15) is 5.56 Å². The van der Waals surface area contributed by atoms with Crippen molar-refractivity contribution >= 4 is 33.5 Å². The number of rotatable bonds is 3. The van der Waals surface area contributed by atoms with Gasteiger partial charge in [-0.15, -0.1) is 0 Å². The Bertz CT molecular complexity index is 701. The van der Waals surface area contributed by atoms with Gasteiger partial charge in [-0.3, -0.25) is 15.1 Å². The van der Waals surface area contributed by atoms with E-state index in [0.29, 0.717) is 10.0 Å². The average Bonchev–Trinajstić information content (AvgIpc) is 2.41. The highest BCUT2D eigenvalue weighted by Crippen LogP contribution is 2.30. The standard InChI is InChI=1S/C13H9BrN2O4/c14-9-1-3-12(17)8(5-9)7-15-11-6-10(16(19)20)2-4-13(11)18/h1-7,17-18H/p-1. The van der Waals surface area contributed by atoms with Crippen LogP contribution in [0.25, 0.3) is 0 Å². The maximum Gasteiger partial charge on any atom is 0.271 e. The van der Waals surface area contributed by atoms with Gasteiger partial charge in [0.1, 0.15) is 11.4 Å². The second-order valence-corrected chi connectivity index (χ2v) is 4.79. The van der Waals surface area contributed by atoms with Gasteiger partial charge in [-0.25, -0.2) is 0 Å². The van der Waals surface area contributed by atoms with Crippen LogP contribution in [0.2, 0.25) is 0 Å². The van der Waals surface area contributed by atoms with Gasteiger partial charge in [0.25, 0.3) is 5.69 Å². The maximum atomic E-state index is 11.6. The van der Waals surface area contributed by atoms with Crippen molar-refractivity contribution in [2.75, 3.05) is 0 Å². The first-order valence-electron chi connectivity index (χ1n) is 5.45. The molecule has 0 spiro atoms. The number of nitrogens with zero attached hydrogens (tertiary/aromatic N) is 2. The molecule has 0 radical (unpaired) electrons. The summed E-state index contributed by atoms with van der Waals surface area (Å²) in [6.45, 7) is 0. The number of non-ortho nitro benzene ring substituents is 1. The highest BCUT2D eigenvalue weighted by molar-refractivity contribution is 9.10. The predicted molar refractivity (Wildman–Crippen MR) is 75.6 cm³/mol. The predicted octanol–water partition coefficient (Wildman–Crippen LogP) is 2.89. The van der Waals surface area contributed by atoms with Crippen molar-refractivity contribution in [2.45, 2.75) is 0 Å². The van der Waals surface area contributed by atoms with Crippen LogP contribution in [-0.4, -0.2) is 16.2 Å². The molecule has 0 atom stereocenters. The lowest BCUT2D eigenvalue weighted by molar-refractivity contribution is -0.384. The molecule has 2 aromatic rings. The highest BCUT2D eigenvalue weighted by Gasteiger charge is 2.09. The molecule has 0 aliphatic rings. The molecule has 6 nitrogen and oxygen atoms in total. The Kier molecular flexibility index (Phi) is 3.99. The Hall–Kier alpha value is -2.41. The van der Waals surface area contributed by atoms with Gasteiger partial charge in [0.2, 0.25) is 0 Å². The molecule has 0 unspecified atom stereocenters. The number of benzene rings is 2. The fourth-order valence-corrected chi connectivity index (χ4v) is 1.87. The van der Waals surface area contributed by atoms with Crippen molar-refractivity contribution in [3.63, 3.8) is 0 Å². The van der Waals surface area contributed by atoms with Gasteiger partial charge in [0.15, 0.2) is 0 Å². The van der Waals surface area contributed by atoms with E-state index in [1.54, 1.807) is 12.1 Å². The summed E-state index contributed by atoms with van der Waals surface area (Å²) < 4.78 is 0.710. The molecule has 0 saturated heterocycles. The molecule has 0 amide bonds. The summed E-state index contributed by atoms with van der Waals surface area (Å²) in [6, 6.07) is 8.04. The molecule has 2 rings (SSSR count). The number of phenols is 1. The van der Waals surface area contributed by atoms with E-state index < -0.39 is 4.92 Å². The summed E-state index contributed by atoms with van der Waals surface area (Å²) in [5.41, 5.74) is 0.149. The zero-order valence-corrected chi connectivity index (χ0v) is 11.6. The lowest BCUT2D eigenvalue weighted by Crippen LogP contribution is -1.95. The van der Waals surface area contributed by atoms with Crippen molar-refractivity contribution in [3.8, 4) is 11.5 Å². The first-order chi connectivity index (χ1) is 9.47. The normalized spacial score (nSPS) is 10.8. The molecule has 0 aliphatic heterocycles. The number of hydrogen-bond acceptors (Lipinski definition) is 5. The molecular formula is C13H8BrN2O4-. The first kappa shape index (κ1) is 14.0. The summed E-state index contributed by atoms with van der Waals surface area (Å²) in [5.74, 6) is -0.434. The molecule has 7 heteroatoms. The summed E-state index contributed by atoms with van der Waals surface area (Å²) in [7, 11) is 0. The van der Waals surface area contributed by atoms with E-state index in [9.17, 15) is 20.3 Å². The van der Waals surface area contributed by atoms with Crippen LogP contribution in [-0.2, 0) is 0 Å². The van der Waals surface area contributed by atoms with Crippen LogP contribution in [0.15, 0.2) is 45.9 Å². The largest absolute Gasteiger partial charge is 0.872 e. The Labute approximate surface area is 122 Å². The van der Waals surface area contributed by atoms with E-state index in [-0.39, 0.29) is 22.9 Å². The molecule has 1 N–H and O–H groups in total. The van der Waals surface area contributed by atoms with Gasteiger partial charge in [-0.1, -0.05) is 27.7 Å². The SMILES string of the molecule is O=[N+]([O-])c1ccc(O)c(N=Cc2cc(Br)ccc2[O-])c1. The summed E-state index contributed by atoms with van der Waals surface area (Å²) in [6.07, 6.45) is 1.26. The molecule has 0 fully saturated rings. The Balaban J connectivity index is 2.38. The molecule has 0 aliphatic carbocycles. The average molecular weight is 336 g/mol. The van der Waals surface area contributed by atoms with Crippen LogP contribution in [0.3, 0.4) is 0 Å². The van der Waals surface area contributed by atoms with Crippen LogP contribution in [0.4, 0.5) is 11.4 Å². The van der Waals surface area contributed by atoms with Crippen LogP contribution >= 0.6 is 15.9 Å². The minimum atomic E-state index is -0.587. The fourth-order valence-electron chi connectivity index (χ4n) is 1.49. The van der Waals surface area contributed by atoms with Gasteiger partial charge in [-0.2, -0.15) is 0 Å². The smallest absolute Gasteiger partial charge is 0.271 e. The quantitative estimate of drug-likeness (QED) is 0.529. The number of halogens is 1. The zero-order chi connectivity index (χ0) is 14.7. The highest BCUT2D eigenvalue weighted by atomic mass is 79.9. The first-order valence-corrected chi connectivity index (χ1v) is 6.25. The van der Waals surface area contributed by atoms with Crippen molar-refractivity contribution < 1.29 is 15.1 Å². The number of nitro benzene ring substituents is 1. The number of hydrogen-bond donors (Lipinski definition) is 1. The number of aliphatic imine (C=N–C) groups is 1. The molecule has 0 saturated carbocycles. The number of nitro groups is 1. The molecular weight excluding hydrogens is 328 g/mol. The van der Waals surface area contributed by atoms with Gasteiger partial charge in [0.05, 0.1) is 4.92 Å². The minimum absolute atomic E-state index is 0.0265. The fraction of sp³-hybridized carbons (Fsp3) is 0.